The first-order valence-corrected chi connectivity index (χ1v) is 9.77. The van der Waals surface area contributed by atoms with Gasteiger partial charge in [0, 0.05) is 48.6 Å². The Morgan fingerprint density at radius 2 is 1.97 bits per heavy atom. The zero-order valence-corrected chi connectivity index (χ0v) is 17.4. The number of methoxy groups -OCH3 is 1. The van der Waals surface area contributed by atoms with E-state index in [4.69, 9.17) is 4.74 Å². The second-order valence-electron chi connectivity index (χ2n) is 7.09. The van der Waals surface area contributed by atoms with E-state index < -0.39 is 0 Å². The number of aryl methyl sites for hydroxylation is 1. The molecular formula is C22H26N4O4. The van der Waals surface area contributed by atoms with E-state index in [2.05, 4.69) is 16.0 Å². The first-order valence-electron chi connectivity index (χ1n) is 9.77. The number of ether oxygens (including phenoxy) is 1. The summed E-state index contributed by atoms with van der Waals surface area (Å²) in [6.07, 6.45) is 0. The molecule has 0 aromatic heterocycles. The fourth-order valence-corrected chi connectivity index (χ4v) is 3.30. The summed E-state index contributed by atoms with van der Waals surface area (Å²) < 4.78 is 5.28. The van der Waals surface area contributed by atoms with E-state index in [1.54, 1.807) is 48.4 Å². The average molecular weight is 410 g/mol. The van der Waals surface area contributed by atoms with Gasteiger partial charge in [-0.3, -0.25) is 9.59 Å². The Bertz CT molecular complexity index is 974. The molecule has 3 N–H and O–H groups in total. The number of urea groups is 1. The molecule has 4 amide bonds. The van der Waals surface area contributed by atoms with E-state index >= 15 is 0 Å². The third-order valence-corrected chi connectivity index (χ3v) is 5.11. The van der Waals surface area contributed by atoms with Gasteiger partial charge in [0.05, 0.1) is 7.11 Å². The van der Waals surface area contributed by atoms with Crippen molar-refractivity contribution in [1.82, 2.24) is 15.5 Å². The van der Waals surface area contributed by atoms with Gasteiger partial charge in [-0.1, -0.05) is 12.1 Å². The monoisotopic (exact) mass is 410 g/mol. The maximum Gasteiger partial charge on any atom is 0.317 e. The molecule has 1 heterocycles. The minimum absolute atomic E-state index is 0.114. The van der Waals surface area contributed by atoms with Crippen molar-refractivity contribution in [3.05, 3.63) is 58.7 Å². The van der Waals surface area contributed by atoms with E-state index in [1.165, 1.54) is 0 Å². The standard InChI is InChI=1S/C22H26N4O4/c1-14-7-8-16(20(27)23-9-11-26-12-10-24-22(26)29)13-18(14)25-21(28)17-5-4-6-19(30-3)15(17)2/h4-8,13H,9-12H2,1-3H3,(H,23,27)(H,24,29)(H,25,28). The van der Waals surface area contributed by atoms with Crippen LogP contribution in [0, 0.1) is 13.8 Å². The minimum Gasteiger partial charge on any atom is -0.496 e. The van der Waals surface area contributed by atoms with Gasteiger partial charge >= 0.3 is 6.03 Å². The maximum absolute atomic E-state index is 12.8. The van der Waals surface area contributed by atoms with Gasteiger partial charge in [-0.15, -0.1) is 0 Å². The summed E-state index contributed by atoms with van der Waals surface area (Å²) in [5, 5.41) is 8.42. The second-order valence-corrected chi connectivity index (χ2v) is 7.09. The van der Waals surface area contributed by atoms with Crippen molar-refractivity contribution in [2.24, 2.45) is 0 Å². The molecule has 2 aromatic rings. The fraction of sp³-hybridized carbons (Fsp3) is 0.318. The van der Waals surface area contributed by atoms with Gasteiger partial charge in [-0.2, -0.15) is 0 Å². The number of hydrogen-bond donors (Lipinski definition) is 3. The number of nitrogens with zero attached hydrogens (tertiary/aromatic N) is 1. The van der Waals surface area contributed by atoms with Crippen molar-refractivity contribution in [1.29, 1.82) is 0 Å². The Kier molecular flexibility index (Phi) is 6.56. The lowest BCUT2D eigenvalue weighted by molar-refractivity contribution is 0.0949. The third-order valence-electron chi connectivity index (χ3n) is 5.11. The van der Waals surface area contributed by atoms with Crippen LogP contribution in [0.5, 0.6) is 5.75 Å². The molecule has 30 heavy (non-hydrogen) atoms. The molecule has 0 spiro atoms. The summed E-state index contributed by atoms with van der Waals surface area (Å²) >= 11 is 0. The van der Waals surface area contributed by atoms with Crippen molar-refractivity contribution in [3.63, 3.8) is 0 Å². The predicted molar refractivity (Wildman–Crippen MR) is 114 cm³/mol. The number of carbonyl (C=O) groups excluding carboxylic acids is 3. The van der Waals surface area contributed by atoms with Gasteiger partial charge in [0.1, 0.15) is 5.75 Å². The van der Waals surface area contributed by atoms with Crippen molar-refractivity contribution in [2.45, 2.75) is 13.8 Å². The van der Waals surface area contributed by atoms with Crippen LogP contribution in [0.4, 0.5) is 10.5 Å². The number of anilines is 1. The lowest BCUT2D eigenvalue weighted by atomic mass is 10.1. The topological polar surface area (TPSA) is 99.8 Å². The zero-order valence-electron chi connectivity index (χ0n) is 17.4. The highest BCUT2D eigenvalue weighted by atomic mass is 16.5. The van der Waals surface area contributed by atoms with Gasteiger partial charge in [-0.25, -0.2) is 4.79 Å². The first-order chi connectivity index (χ1) is 14.4. The van der Waals surface area contributed by atoms with Crippen LogP contribution in [0.3, 0.4) is 0 Å². The lowest BCUT2D eigenvalue weighted by Gasteiger charge is -2.15. The summed E-state index contributed by atoms with van der Waals surface area (Å²) in [5.74, 6) is 0.106. The molecule has 1 fully saturated rings. The highest BCUT2D eigenvalue weighted by molar-refractivity contribution is 6.06. The molecule has 0 radical (unpaired) electrons. The molecule has 0 atom stereocenters. The molecule has 1 aliphatic rings. The molecular weight excluding hydrogens is 384 g/mol. The van der Waals surface area contributed by atoms with E-state index in [0.717, 1.165) is 11.1 Å². The fourth-order valence-electron chi connectivity index (χ4n) is 3.30. The summed E-state index contributed by atoms with van der Waals surface area (Å²) in [4.78, 5) is 38.5. The molecule has 1 saturated heterocycles. The Morgan fingerprint density at radius 1 is 1.17 bits per heavy atom. The largest absolute Gasteiger partial charge is 0.496 e. The highest BCUT2D eigenvalue weighted by Crippen LogP contribution is 2.23. The Labute approximate surface area is 175 Å². The quantitative estimate of drug-likeness (QED) is 0.652. The lowest BCUT2D eigenvalue weighted by Crippen LogP contribution is -2.36. The normalized spacial score (nSPS) is 13.0. The molecule has 0 aliphatic carbocycles. The van der Waals surface area contributed by atoms with Crippen molar-refractivity contribution < 1.29 is 19.1 Å². The van der Waals surface area contributed by atoms with Gasteiger partial charge in [0.25, 0.3) is 11.8 Å². The van der Waals surface area contributed by atoms with Crippen LogP contribution in [0.2, 0.25) is 0 Å². The molecule has 0 bridgehead atoms. The third kappa shape index (κ3) is 4.71. The van der Waals surface area contributed by atoms with Crippen LogP contribution in [0.15, 0.2) is 36.4 Å². The maximum atomic E-state index is 12.8. The van der Waals surface area contributed by atoms with E-state index in [-0.39, 0.29) is 17.8 Å². The Morgan fingerprint density at radius 3 is 2.67 bits per heavy atom. The molecule has 8 nitrogen and oxygen atoms in total. The van der Waals surface area contributed by atoms with Gasteiger partial charge < -0.3 is 25.6 Å². The molecule has 2 aromatic carbocycles. The number of rotatable bonds is 7. The van der Waals surface area contributed by atoms with Crippen molar-refractivity contribution >= 4 is 23.5 Å². The number of nitrogens with one attached hydrogen (secondary N) is 3. The van der Waals surface area contributed by atoms with E-state index in [9.17, 15) is 14.4 Å². The summed E-state index contributed by atoms with van der Waals surface area (Å²) in [6.45, 7) is 5.75. The number of benzene rings is 2. The molecule has 0 saturated carbocycles. The van der Waals surface area contributed by atoms with Crippen LogP contribution in [-0.4, -0.2) is 56.0 Å². The van der Waals surface area contributed by atoms with Gasteiger partial charge in [0.2, 0.25) is 0 Å². The van der Waals surface area contributed by atoms with Crippen LogP contribution < -0.4 is 20.7 Å². The molecule has 3 rings (SSSR count). The highest BCUT2D eigenvalue weighted by Gasteiger charge is 2.19. The van der Waals surface area contributed by atoms with Crippen molar-refractivity contribution in [2.75, 3.05) is 38.6 Å². The van der Waals surface area contributed by atoms with Crippen LogP contribution in [-0.2, 0) is 0 Å². The molecule has 158 valence electrons. The van der Waals surface area contributed by atoms with Crippen LogP contribution >= 0.6 is 0 Å². The summed E-state index contributed by atoms with van der Waals surface area (Å²) in [7, 11) is 1.56. The smallest absolute Gasteiger partial charge is 0.317 e. The predicted octanol–water partition coefficient (Wildman–Crippen LogP) is 2.32. The average Bonchev–Trinajstić information content (AvgIpc) is 3.14. The van der Waals surface area contributed by atoms with Crippen LogP contribution in [0.25, 0.3) is 0 Å². The van der Waals surface area contributed by atoms with Crippen LogP contribution in [0.1, 0.15) is 31.8 Å². The Hall–Kier alpha value is -3.55. The molecule has 8 heteroatoms. The summed E-state index contributed by atoms with van der Waals surface area (Å²) in [5.41, 5.74) is 3.09. The Balaban J connectivity index is 1.66. The van der Waals surface area contributed by atoms with E-state index in [1.807, 2.05) is 13.8 Å². The minimum atomic E-state index is -0.271. The molecule has 1 aliphatic heterocycles. The SMILES string of the molecule is COc1cccc(C(=O)Nc2cc(C(=O)NCCN3CCNC3=O)ccc2C)c1C. The van der Waals surface area contributed by atoms with Gasteiger partial charge in [0.15, 0.2) is 0 Å². The number of hydrogen-bond acceptors (Lipinski definition) is 4. The van der Waals surface area contributed by atoms with E-state index in [0.29, 0.717) is 48.7 Å². The second kappa shape index (κ2) is 9.30. The first kappa shape index (κ1) is 21.2. The molecule has 0 unspecified atom stereocenters. The van der Waals surface area contributed by atoms with Crippen molar-refractivity contribution in [3.8, 4) is 5.75 Å². The number of amides is 4. The number of carbonyl (C=O) groups is 3. The summed E-state index contributed by atoms with van der Waals surface area (Å²) in [6, 6.07) is 10.3. The van der Waals surface area contributed by atoms with Gasteiger partial charge in [-0.05, 0) is 43.7 Å². The zero-order chi connectivity index (χ0) is 21.7.